The van der Waals surface area contributed by atoms with Crippen LogP contribution in [0.2, 0.25) is 0 Å². The van der Waals surface area contributed by atoms with Crippen LogP contribution in [0.15, 0.2) is 31.5 Å². The highest BCUT2D eigenvalue weighted by Gasteiger charge is 2.15. The van der Waals surface area contributed by atoms with Crippen LogP contribution in [0.3, 0.4) is 0 Å². The first-order valence-electron chi connectivity index (χ1n) is 6.93. The molecule has 1 amide bonds. The highest BCUT2D eigenvalue weighted by molar-refractivity contribution is 8.00. The number of amides is 1. The molecule has 0 bridgehead atoms. The Bertz CT molecular complexity index is 901. The van der Waals surface area contributed by atoms with Crippen molar-refractivity contribution >= 4 is 40.1 Å². The summed E-state index contributed by atoms with van der Waals surface area (Å²) in [6, 6.07) is 4.77. The summed E-state index contributed by atoms with van der Waals surface area (Å²) in [7, 11) is 1.29. The Morgan fingerprint density at radius 2 is 2.20 bits per heavy atom. The molecule has 0 spiro atoms. The first-order valence-corrected chi connectivity index (χ1v) is 8.73. The van der Waals surface area contributed by atoms with E-state index >= 15 is 0 Å². The van der Waals surface area contributed by atoms with Crippen LogP contribution < -0.4 is 5.32 Å². The summed E-state index contributed by atoms with van der Waals surface area (Å²) in [6.07, 6.45) is 0. The van der Waals surface area contributed by atoms with E-state index in [9.17, 15) is 9.59 Å². The van der Waals surface area contributed by atoms with Gasteiger partial charge in [0.25, 0.3) is 5.91 Å². The molecular weight excluding hydrogens is 368 g/mol. The Morgan fingerprint density at radius 3 is 2.92 bits per heavy atom. The molecule has 0 saturated carbocycles. The number of esters is 1. The number of rotatable bonds is 6. The van der Waals surface area contributed by atoms with Crippen molar-refractivity contribution < 1.29 is 23.3 Å². The van der Waals surface area contributed by atoms with Crippen LogP contribution in [-0.2, 0) is 10.5 Å². The SMILES string of the molecule is COC(=O)c1ccc(CSc2nnc(NC(=O)c3cc(C)on3)s2)o1. The van der Waals surface area contributed by atoms with Gasteiger partial charge in [-0.3, -0.25) is 10.1 Å². The fourth-order valence-corrected chi connectivity index (χ4v) is 3.39. The fraction of sp³-hybridized carbons (Fsp3) is 0.214. The number of nitrogens with zero attached hydrogens (tertiary/aromatic N) is 3. The third kappa shape index (κ3) is 4.25. The average molecular weight is 380 g/mol. The molecule has 9 nitrogen and oxygen atoms in total. The predicted octanol–water partition coefficient (Wildman–Crippen LogP) is 2.76. The van der Waals surface area contributed by atoms with Gasteiger partial charge in [0.15, 0.2) is 10.0 Å². The lowest BCUT2D eigenvalue weighted by atomic mass is 10.4. The number of ether oxygens (including phenoxy) is 1. The Labute approximate surface area is 149 Å². The lowest BCUT2D eigenvalue weighted by Gasteiger charge is -1.95. The zero-order valence-electron chi connectivity index (χ0n) is 13.1. The second-order valence-corrected chi connectivity index (χ2v) is 6.90. The first-order chi connectivity index (χ1) is 12.0. The number of methoxy groups -OCH3 is 1. The maximum Gasteiger partial charge on any atom is 0.373 e. The quantitative estimate of drug-likeness (QED) is 0.391. The molecule has 11 heteroatoms. The third-order valence-corrected chi connectivity index (χ3v) is 4.87. The van der Waals surface area contributed by atoms with E-state index in [1.54, 1.807) is 19.1 Å². The molecular formula is C14H12N4O5S2. The minimum Gasteiger partial charge on any atom is -0.463 e. The minimum atomic E-state index is -0.528. The number of furan rings is 1. The Balaban J connectivity index is 1.55. The highest BCUT2D eigenvalue weighted by atomic mass is 32.2. The molecule has 0 aliphatic heterocycles. The van der Waals surface area contributed by atoms with Gasteiger partial charge in [0, 0.05) is 6.07 Å². The number of aryl methyl sites for hydroxylation is 1. The molecule has 3 heterocycles. The lowest BCUT2D eigenvalue weighted by Crippen LogP contribution is -2.11. The van der Waals surface area contributed by atoms with Gasteiger partial charge >= 0.3 is 5.97 Å². The smallest absolute Gasteiger partial charge is 0.373 e. The standard InChI is InChI=1S/C14H12N4O5S2/c1-7-5-9(18-23-7)11(19)15-13-16-17-14(25-13)24-6-8-3-4-10(22-8)12(20)21-2/h3-5H,6H2,1-2H3,(H,15,16,19). The lowest BCUT2D eigenvalue weighted by molar-refractivity contribution is 0.0563. The second kappa shape index (κ2) is 7.49. The number of carbonyl (C=O) groups is 2. The van der Waals surface area contributed by atoms with Gasteiger partial charge in [-0.1, -0.05) is 28.3 Å². The number of anilines is 1. The van der Waals surface area contributed by atoms with Crippen LogP contribution >= 0.6 is 23.1 Å². The summed E-state index contributed by atoms with van der Waals surface area (Å²) >= 11 is 2.58. The summed E-state index contributed by atoms with van der Waals surface area (Å²) < 4.78 is 15.4. The first kappa shape index (κ1) is 17.2. The molecule has 25 heavy (non-hydrogen) atoms. The Kier molecular flexibility index (Phi) is 5.14. The van der Waals surface area contributed by atoms with Gasteiger partial charge in [-0.25, -0.2) is 4.79 Å². The predicted molar refractivity (Wildman–Crippen MR) is 88.7 cm³/mol. The zero-order chi connectivity index (χ0) is 17.8. The molecule has 3 aromatic heterocycles. The van der Waals surface area contributed by atoms with E-state index in [0.29, 0.717) is 26.7 Å². The number of nitrogens with one attached hydrogen (secondary N) is 1. The van der Waals surface area contributed by atoms with Gasteiger partial charge in [-0.05, 0) is 19.1 Å². The van der Waals surface area contributed by atoms with E-state index in [1.165, 1.54) is 36.3 Å². The van der Waals surface area contributed by atoms with Crippen LogP contribution in [-0.4, -0.2) is 34.3 Å². The van der Waals surface area contributed by atoms with Gasteiger partial charge in [-0.2, -0.15) is 0 Å². The van der Waals surface area contributed by atoms with Crippen molar-refractivity contribution in [1.82, 2.24) is 15.4 Å². The fourth-order valence-electron chi connectivity index (χ4n) is 1.75. The highest BCUT2D eigenvalue weighted by Crippen LogP contribution is 2.29. The van der Waals surface area contributed by atoms with Crippen LogP contribution in [0.1, 0.15) is 32.6 Å². The minimum absolute atomic E-state index is 0.145. The van der Waals surface area contributed by atoms with Crippen molar-refractivity contribution in [3.63, 3.8) is 0 Å². The van der Waals surface area contributed by atoms with Crippen molar-refractivity contribution in [2.24, 2.45) is 0 Å². The maximum atomic E-state index is 12.0. The number of aromatic nitrogens is 3. The average Bonchev–Trinajstić information content (AvgIpc) is 3.33. The normalized spacial score (nSPS) is 10.6. The molecule has 0 radical (unpaired) electrons. The van der Waals surface area contributed by atoms with Crippen molar-refractivity contribution in [2.75, 3.05) is 12.4 Å². The summed E-state index contributed by atoms with van der Waals surface area (Å²) in [5, 5.41) is 14.5. The van der Waals surface area contributed by atoms with E-state index in [0.717, 1.165) is 0 Å². The summed E-state index contributed by atoms with van der Waals surface area (Å²) in [5.41, 5.74) is 0.174. The second-order valence-electron chi connectivity index (χ2n) is 4.70. The van der Waals surface area contributed by atoms with E-state index < -0.39 is 11.9 Å². The van der Waals surface area contributed by atoms with Gasteiger partial charge in [0.05, 0.1) is 12.9 Å². The van der Waals surface area contributed by atoms with Crippen LogP contribution in [0.4, 0.5) is 5.13 Å². The van der Waals surface area contributed by atoms with Gasteiger partial charge < -0.3 is 13.7 Å². The Hall–Kier alpha value is -2.66. The van der Waals surface area contributed by atoms with Gasteiger partial charge in [0.1, 0.15) is 11.5 Å². The molecule has 130 valence electrons. The molecule has 0 saturated heterocycles. The topological polar surface area (TPSA) is 120 Å². The molecule has 0 fully saturated rings. The van der Waals surface area contributed by atoms with Crippen molar-refractivity contribution in [1.29, 1.82) is 0 Å². The van der Waals surface area contributed by atoms with Gasteiger partial charge in [-0.15, -0.1) is 10.2 Å². The maximum absolute atomic E-state index is 12.0. The largest absolute Gasteiger partial charge is 0.463 e. The molecule has 0 aromatic carbocycles. The number of hydrogen-bond donors (Lipinski definition) is 1. The number of carbonyl (C=O) groups excluding carboxylic acids is 2. The number of hydrogen-bond acceptors (Lipinski definition) is 10. The molecule has 3 rings (SSSR count). The summed E-state index contributed by atoms with van der Waals surface area (Å²) in [5.74, 6) is 0.805. The summed E-state index contributed by atoms with van der Waals surface area (Å²) in [4.78, 5) is 23.3. The van der Waals surface area contributed by atoms with Gasteiger partial charge in [0.2, 0.25) is 10.9 Å². The molecule has 1 N–H and O–H groups in total. The van der Waals surface area contributed by atoms with Crippen molar-refractivity contribution in [2.45, 2.75) is 17.0 Å². The monoisotopic (exact) mass is 380 g/mol. The van der Waals surface area contributed by atoms with Crippen LogP contribution in [0.5, 0.6) is 0 Å². The molecule has 0 aliphatic rings. The molecule has 0 unspecified atom stereocenters. The van der Waals surface area contributed by atoms with Crippen LogP contribution in [0, 0.1) is 6.92 Å². The zero-order valence-corrected chi connectivity index (χ0v) is 14.8. The van der Waals surface area contributed by atoms with E-state index in [-0.39, 0.29) is 11.5 Å². The van der Waals surface area contributed by atoms with Crippen molar-refractivity contribution in [3.05, 3.63) is 41.2 Å². The molecule has 3 aromatic rings. The van der Waals surface area contributed by atoms with E-state index in [1.807, 2.05) is 0 Å². The van der Waals surface area contributed by atoms with E-state index in [4.69, 9.17) is 8.94 Å². The van der Waals surface area contributed by atoms with E-state index in [2.05, 4.69) is 25.4 Å². The summed E-state index contributed by atoms with van der Waals surface area (Å²) in [6.45, 7) is 1.70. The molecule has 0 aliphatic carbocycles. The Morgan fingerprint density at radius 1 is 1.36 bits per heavy atom. The van der Waals surface area contributed by atoms with Crippen molar-refractivity contribution in [3.8, 4) is 0 Å². The molecule has 0 atom stereocenters. The number of thioether (sulfide) groups is 1. The third-order valence-electron chi connectivity index (χ3n) is 2.87. The van der Waals surface area contributed by atoms with Crippen LogP contribution in [0.25, 0.3) is 0 Å².